The summed E-state index contributed by atoms with van der Waals surface area (Å²) in [6, 6.07) is 9.17. The summed E-state index contributed by atoms with van der Waals surface area (Å²) >= 11 is 0. The molecule has 3 rings (SSSR count). The van der Waals surface area contributed by atoms with Gasteiger partial charge in [-0.2, -0.15) is 0 Å². The Morgan fingerprint density at radius 1 is 1.18 bits per heavy atom. The second-order valence-corrected chi connectivity index (χ2v) is 6.84. The van der Waals surface area contributed by atoms with Gasteiger partial charge < -0.3 is 19.5 Å². The number of nitrogens with one attached hydrogen (secondary N) is 1. The van der Waals surface area contributed by atoms with Crippen LogP contribution in [0.2, 0.25) is 0 Å². The Bertz CT molecular complexity index is 910. The highest BCUT2D eigenvalue weighted by molar-refractivity contribution is 6.05. The maximum atomic E-state index is 12.5. The van der Waals surface area contributed by atoms with Crippen LogP contribution in [0.1, 0.15) is 28.4 Å². The van der Waals surface area contributed by atoms with E-state index in [2.05, 4.69) is 5.32 Å². The van der Waals surface area contributed by atoms with E-state index in [-0.39, 0.29) is 25.0 Å². The second-order valence-electron chi connectivity index (χ2n) is 6.84. The lowest BCUT2D eigenvalue weighted by molar-refractivity contribution is -0.117. The molecule has 28 heavy (non-hydrogen) atoms. The average Bonchev–Trinajstić information content (AvgIpc) is 3.08. The van der Waals surface area contributed by atoms with Gasteiger partial charge in [0.25, 0.3) is 0 Å². The predicted molar refractivity (Wildman–Crippen MR) is 105 cm³/mol. The van der Waals surface area contributed by atoms with E-state index in [1.165, 1.54) is 6.92 Å². The average molecular weight is 384 g/mol. The third-order valence-electron chi connectivity index (χ3n) is 4.46. The first kappa shape index (κ1) is 19.7. The number of fused-ring (bicyclic) bond motifs is 1. The molecule has 0 bridgehead atoms. The van der Waals surface area contributed by atoms with Crippen LogP contribution in [0.3, 0.4) is 0 Å². The first-order chi connectivity index (χ1) is 13.4. The van der Waals surface area contributed by atoms with Crippen LogP contribution in [0, 0.1) is 6.92 Å². The molecule has 0 aliphatic carbocycles. The van der Waals surface area contributed by atoms with Crippen molar-refractivity contribution < 1.29 is 23.8 Å². The van der Waals surface area contributed by atoms with E-state index in [1.807, 2.05) is 37.1 Å². The smallest absolute Gasteiger partial charge is 0.238 e. The van der Waals surface area contributed by atoms with Crippen molar-refractivity contribution in [2.45, 2.75) is 20.4 Å². The monoisotopic (exact) mass is 384 g/mol. The molecule has 0 atom stereocenters. The van der Waals surface area contributed by atoms with Gasteiger partial charge in [-0.3, -0.25) is 14.5 Å². The number of carbonyl (C=O) groups is 2. The number of ether oxygens (including phenoxy) is 3. The van der Waals surface area contributed by atoms with E-state index < -0.39 is 0 Å². The lowest BCUT2D eigenvalue weighted by Crippen LogP contribution is -2.30. The van der Waals surface area contributed by atoms with Crippen LogP contribution in [0.25, 0.3) is 0 Å². The summed E-state index contributed by atoms with van der Waals surface area (Å²) < 4.78 is 16.0. The SMILES string of the molecule is COc1ccc(C)cc1CN(C)CC(=O)Nc1cc2c(cc1C(C)=O)OCO2. The molecule has 0 spiro atoms. The van der Waals surface area contributed by atoms with Crippen LogP contribution in [0.5, 0.6) is 17.2 Å². The minimum atomic E-state index is -0.226. The summed E-state index contributed by atoms with van der Waals surface area (Å²) in [7, 11) is 3.48. The van der Waals surface area contributed by atoms with E-state index in [0.29, 0.717) is 29.3 Å². The van der Waals surface area contributed by atoms with Gasteiger partial charge in [-0.1, -0.05) is 17.7 Å². The molecule has 0 saturated heterocycles. The standard InChI is InChI=1S/C21H24N2O5/c1-13-5-6-18(26-4)15(7-13)10-23(3)11-21(25)22-17-9-20-19(27-12-28-20)8-16(17)14(2)24/h5-9H,10-12H2,1-4H3,(H,22,25). The highest BCUT2D eigenvalue weighted by Gasteiger charge is 2.21. The third-order valence-corrected chi connectivity index (χ3v) is 4.46. The number of Topliss-reactive ketones (excluding diaryl/α,β-unsaturated/α-hetero) is 1. The lowest BCUT2D eigenvalue weighted by Gasteiger charge is -2.19. The Kier molecular flexibility index (Phi) is 5.84. The first-order valence-corrected chi connectivity index (χ1v) is 8.94. The molecule has 1 heterocycles. The number of ketones is 1. The van der Waals surface area contributed by atoms with Crippen LogP contribution < -0.4 is 19.5 Å². The zero-order valence-corrected chi connectivity index (χ0v) is 16.5. The summed E-state index contributed by atoms with van der Waals surface area (Å²) in [6.07, 6.45) is 0. The van der Waals surface area contributed by atoms with E-state index in [4.69, 9.17) is 14.2 Å². The van der Waals surface area contributed by atoms with Gasteiger partial charge in [0.2, 0.25) is 12.7 Å². The fraction of sp³-hybridized carbons (Fsp3) is 0.333. The minimum Gasteiger partial charge on any atom is -0.496 e. The van der Waals surface area contributed by atoms with Gasteiger partial charge in [0.05, 0.1) is 19.3 Å². The van der Waals surface area contributed by atoms with Crippen LogP contribution in [0.15, 0.2) is 30.3 Å². The Balaban J connectivity index is 1.69. The molecule has 0 unspecified atom stereocenters. The predicted octanol–water partition coefficient (Wildman–Crippen LogP) is 3.01. The van der Waals surface area contributed by atoms with Gasteiger partial charge in [0.15, 0.2) is 17.3 Å². The molecule has 7 nitrogen and oxygen atoms in total. The molecule has 1 amide bonds. The summed E-state index contributed by atoms with van der Waals surface area (Å²) in [4.78, 5) is 26.4. The van der Waals surface area contributed by atoms with E-state index >= 15 is 0 Å². The quantitative estimate of drug-likeness (QED) is 0.740. The van der Waals surface area contributed by atoms with Crippen LogP contribution in [-0.4, -0.2) is 44.1 Å². The fourth-order valence-electron chi connectivity index (χ4n) is 3.15. The largest absolute Gasteiger partial charge is 0.496 e. The van der Waals surface area contributed by atoms with Crippen molar-refractivity contribution in [3.05, 3.63) is 47.0 Å². The molecule has 0 radical (unpaired) electrons. The Hall–Kier alpha value is -3.06. The van der Waals surface area contributed by atoms with Crippen molar-refractivity contribution in [2.75, 3.05) is 32.8 Å². The molecule has 0 saturated carbocycles. The Morgan fingerprint density at radius 2 is 1.89 bits per heavy atom. The van der Waals surface area contributed by atoms with Gasteiger partial charge >= 0.3 is 0 Å². The van der Waals surface area contributed by atoms with Gasteiger partial charge in [0, 0.05) is 23.7 Å². The number of anilines is 1. The van der Waals surface area contributed by atoms with Crippen molar-refractivity contribution in [1.29, 1.82) is 0 Å². The molecule has 1 aliphatic heterocycles. The van der Waals surface area contributed by atoms with E-state index in [1.54, 1.807) is 19.2 Å². The lowest BCUT2D eigenvalue weighted by atomic mass is 10.1. The summed E-state index contributed by atoms with van der Waals surface area (Å²) in [6.45, 7) is 4.27. The van der Waals surface area contributed by atoms with Crippen LogP contribution in [-0.2, 0) is 11.3 Å². The number of rotatable bonds is 7. The number of hydrogen-bond acceptors (Lipinski definition) is 6. The number of benzene rings is 2. The molecule has 2 aromatic carbocycles. The van der Waals surface area contributed by atoms with Gasteiger partial charge in [0.1, 0.15) is 5.75 Å². The van der Waals surface area contributed by atoms with Crippen molar-refractivity contribution >= 4 is 17.4 Å². The molecular formula is C21H24N2O5. The number of methoxy groups -OCH3 is 1. The molecule has 1 aliphatic rings. The minimum absolute atomic E-state index is 0.102. The van der Waals surface area contributed by atoms with Gasteiger partial charge in [-0.25, -0.2) is 0 Å². The molecule has 2 aromatic rings. The number of amides is 1. The van der Waals surface area contributed by atoms with Gasteiger partial charge in [-0.05, 0) is 33.0 Å². The fourth-order valence-corrected chi connectivity index (χ4v) is 3.15. The van der Waals surface area contributed by atoms with Crippen molar-refractivity contribution in [3.63, 3.8) is 0 Å². The van der Waals surface area contributed by atoms with Crippen LogP contribution in [0.4, 0.5) is 5.69 Å². The van der Waals surface area contributed by atoms with Crippen molar-refractivity contribution in [1.82, 2.24) is 4.90 Å². The van der Waals surface area contributed by atoms with Gasteiger partial charge in [-0.15, -0.1) is 0 Å². The summed E-state index contributed by atoms with van der Waals surface area (Å²) in [5.74, 6) is 1.42. The molecule has 7 heteroatoms. The van der Waals surface area contributed by atoms with E-state index in [0.717, 1.165) is 16.9 Å². The Labute approximate surface area is 164 Å². The van der Waals surface area contributed by atoms with E-state index in [9.17, 15) is 9.59 Å². The summed E-state index contributed by atoms with van der Waals surface area (Å²) in [5, 5.41) is 2.81. The molecular weight excluding hydrogens is 360 g/mol. The third kappa shape index (κ3) is 4.43. The Morgan fingerprint density at radius 3 is 2.57 bits per heavy atom. The molecule has 148 valence electrons. The van der Waals surface area contributed by atoms with Crippen molar-refractivity contribution in [3.8, 4) is 17.2 Å². The maximum absolute atomic E-state index is 12.5. The topological polar surface area (TPSA) is 77.1 Å². The van der Waals surface area contributed by atoms with Crippen LogP contribution >= 0.6 is 0 Å². The number of hydrogen-bond donors (Lipinski definition) is 1. The highest BCUT2D eigenvalue weighted by atomic mass is 16.7. The number of likely N-dealkylation sites (N-methyl/N-ethyl adjacent to an activating group) is 1. The second kappa shape index (κ2) is 8.31. The molecule has 1 N–H and O–H groups in total. The number of nitrogens with zero attached hydrogens (tertiary/aromatic N) is 1. The number of aryl methyl sites for hydroxylation is 1. The normalized spacial score (nSPS) is 12.2. The molecule has 0 aromatic heterocycles. The first-order valence-electron chi connectivity index (χ1n) is 8.94. The molecule has 0 fully saturated rings. The summed E-state index contributed by atoms with van der Waals surface area (Å²) in [5.41, 5.74) is 2.94. The highest BCUT2D eigenvalue weighted by Crippen LogP contribution is 2.37. The van der Waals surface area contributed by atoms with Crippen molar-refractivity contribution in [2.24, 2.45) is 0 Å². The maximum Gasteiger partial charge on any atom is 0.238 e. The number of carbonyl (C=O) groups excluding carboxylic acids is 2. The zero-order valence-electron chi connectivity index (χ0n) is 16.5. The zero-order chi connectivity index (χ0) is 20.3.